The molecule has 9 aromatic carbocycles. The maximum atomic E-state index is 12.8. The Morgan fingerprint density at radius 2 is 0.727 bits per heavy atom. The lowest BCUT2D eigenvalue weighted by Gasteiger charge is -2.20. The molecular weight excluding hydrogens is 1320 g/mol. The van der Waals surface area contributed by atoms with Gasteiger partial charge in [0.25, 0.3) is 17.7 Å². The summed E-state index contributed by atoms with van der Waals surface area (Å²) >= 11 is 4.21. The predicted octanol–water partition coefficient (Wildman–Crippen LogP) is 15.7. The number of carbonyl (C=O) groups is 5. The molecule has 99 heavy (non-hydrogen) atoms. The molecule has 0 saturated heterocycles. The number of hydrogen-bond acceptors (Lipinski definition) is 21. The third kappa shape index (κ3) is 21.6. The van der Waals surface area contributed by atoms with Crippen molar-refractivity contribution in [3.63, 3.8) is 0 Å². The fraction of sp³-hybridized carbons (Fsp3) is 0.151. The second-order valence-corrected chi connectivity index (χ2v) is 26.9. The smallest absolute Gasteiger partial charge is 0.412 e. The maximum absolute atomic E-state index is 12.8. The van der Waals surface area contributed by atoms with Gasteiger partial charge in [-0.2, -0.15) is 0 Å². The first kappa shape index (κ1) is 71.5. The molecule has 0 fully saturated rings. The van der Waals surface area contributed by atoms with Crippen LogP contribution < -0.4 is 59.0 Å². The highest BCUT2D eigenvalue weighted by atomic mass is 32.1. The number of amides is 5. The van der Waals surface area contributed by atoms with Gasteiger partial charge in [0, 0.05) is 16.7 Å². The Morgan fingerprint density at radius 1 is 0.404 bits per heavy atom. The SMILES string of the molecule is CC(C)(C)OC(=O)Nc1ccccc1NC(=O)c1ccc(CO)cc1.CC(C)(C)OC(=O)Nc1ccccc1NC(=O)c1ccc(COc2ccc3nc(N)sc3c2)cc1.Nc1nc2ccc(O)cc2s1.Nc1nc2ccc(OCc3ccc(C(=O)Nc4ccccc4N)cc3)cc2s1. The second-order valence-electron chi connectivity index (χ2n) is 23.7. The number of phenols is 1. The number of rotatable bonds is 15. The lowest BCUT2D eigenvalue weighted by molar-refractivity contribution is 0.0624. The highest BCUT2D eigenvalue weighted by Crippen LogP contribution is 2.32. The van der Waals surface area contributed by atoms with Crippen molar-refractivity contribution in [2.24, 2.45) is 0 Å². The van der Waals surface area contributed by atoms with Gasteiger partial charge in [-0.15, -0.1) is 0 Å². The van der Waals surface area contributed by atoms with Crippen LogP contribution in [0.1, 0.15) is 89.3 Å². The van der Waals surface area contributed by atoms with E-state index in [4.69, 9.17) is 52.1 Å². The van der Waals surface area contributed by atoms with Crippen LogP contribution in [0.4, 0.5) is 59.1 Å². The average molecular weight is 1390 g/mol. The van der Waals surface area contributed by atoms with Gasteiger partial charge in [-0.3, -0.25) is 25.0 Å². The quantitative estimate of drug-likeness (QED) is 0.0425. The monoisotopic (exact) mass is 1390 g/mol. The van der Waals surface area contributed by atoms with E-state index in [-0.39, 0.29) is 30.1 Å². The number of thiazole rings is 3. The van der Waals surface area contributed by atoms with E-state index in [0.29, 0.717) is 79.4 Å². The van der Waals surface area contributed by atoms with Gasteiger partial charge in [0.1, 0.15) is 41.7 Å². The molecule has 5 amide bonds. The van der Waals surface area contributed by atoms with Gasteiger partial charge in [0.15, 0.2) is 15.4 Å². The lowest BCUT2D eigenvalue weighted by Crippen LogP contribution is -2.27. The van der Waals surface area contributed by atoms with Crippen LogP contribution in [0.25, 0.3) is 30.6 Å². The topological polar surface area (TPSA) is 366 Å². The number of hydrogen-bond donors (Lipinski definition) is 11. The fourth-order valence-corrected chi connectivity index (χ4v) is 11.3. The van der Waals surface area contributed by atoms with Crippen molar-refractivity contribution in [1.29, 1.82) is 0 Å². The minimum atomic E-state index is -0.629. The van der Waals surface area contributed by atoms with Crippen LogP contribution in [0.3, 0.4) is 0 Å². The molecule has 12 aromatic rings. The average Bonchev–Trinajstić information content (AvgIpc) is 1.83. The summed E-state index contributed by atoms with van der Waals surface area (Å²) in [5.41, 5.74) is 31.1. The van der Waals surface area contributed by atoms with Gasteiger partial charge in [-0.25, -0.2) is 24.5 Å². The van der Waals surface area contributed by atoms with Gasteiger partial charge < -0.3 is 68.0 Å². The molecule has 0 bridgehead atoms. The molecule has 508 valence electrons. The molecule has 12 rings (SSSR count). The van der Waals surface area contributed by atoms with E-state index in [2.05, 4.69) is 41.5 Å². The highest BCUT2D eigenvalue weighted by molar-refractivity contribution is 7.22. The van der Waals surface area contributed by atoms with Crippen molar-refractivity contribution in [2.45, 2.75) is 72.6 Å². The summed E-state index contributed by atoms with van der Waals surface area (Å²) in [4.78, 5) is 74.1. The number of nitrogens with two attached hydrogens (primary N) is 4. The molecule has 15 N–H and O–H groups in total. The molecule has 3 aromatic heterocycles. The van der Waals surface area contributed by atoms with Gasteiger partial charge in [-0.05, 0) is 186 Å². The van der Waals surface area contributed by atoms with Crippen LogP contribution in [-0.2, 0) is 29.3 Å². The lowest BCUT2D eigenvalue weighted by atomic mass is 10.1. The number of para-hydroxylation sites is 6. The summed E-state index contributed by atoms with van der Waals surface area (Å²) < 4.78 is 25.1. The standard InChI is InChI=1S/C26H26N4O4S.C21H18N4O2S.C19H22N2O4.C7H6N2OS/c1-26(2,3)34-25(32)30-20-7-5-4-6-19(20)28-23(31)17-10-8-16(9-11-17)15-33-18-12-13-21-22(14-18)35-24(27)29-21;22-16-3-1-2-4-17(16)24-20(26)14-7-5-13(6-8-14)12-27-15-9-10-18-19(11-15)28-21(23)25-18;1-19(2,3)25-18(24)21-16-7-5-4-6-15(16)20-17(23)14-10-8-13(12-22)9-11-14;8-7-9-5-2-1-4(10)3-6(5)11-7/h4-14H,15H2,1-3H3,(H2,27,29)(H,28,31)(H,30,32);1-11H,12,22H2,(H2,23,25)(H,24,26);4-11,22H,12H2,1-3H3,(H,20,23)(H,21,24);1-3,10H,(H2,8,9). The van der Waals surface area contributed by atoms with Crippen molar-refractivity contribution in [3.8, 4) is 17.2 Å². The Morgan fingerprint density at radius 3 is 1.09 bits per heavy atom. The molecule has 0 atom stereocenters. The van der Waals surface area contributed by atoms with Crippen LogP contribution in [0.5, 0.6) is 17.2 Å². The molecule has 0 aliphatic heterocycles. The first-order valence-electron chi connectivity index (χ1n) is 30.6. The van der Waals surface area contributed by atoms with E-state index in [1.807, 2.05) is 72.8 Å². The molecular formula is C73H72N12O11S3. The van der Waals surface area contributed by atoms with Crippen molar-refractivity contribution in [2.75, 3.05) is 49.5 Å². The summed E-state index contributed by atoms with van der Waals surface area (Å²) in [5.74, 6) is 0.890. The third-order valence-corrected chi connectivity index (χ3v) is 16.2. The minimum absolute atomic E-state index is 0.0788. The van der Waals surface area contributed by atoms with Crippen LogP contribution in [-0.4, -0.2) is 66.3 Å². The zero-order valence-corrected chi connectivity index (χ0v) is 57.1. The normalized spacial score (nSPS) is 10.9. The largest absolute Gasteiger partial charge is 0.508 e. The Labute approximate surface area is 581 Å². The first-order chi connectivity index (χ1) is 47.3. The Hall–Kier alpha value is -11.8. The number of nitrogen functional groups attached to an aromatic ring is 4. The molecule has 0 aliphatic carbocycles. The maximum Gasteiger partial charge on any atom is 0.412 e. The number of carbonyl (C=O) groups excluding carboxylic acids is 5. The summed E-state index contributed by atoms with van der Waals surface area (Å²) in [6.45, 7) is 11.3. The van der Waals surface area contributed by atoms with Crippen LogP contribution >= 0.6 is 34.0 Å². The summed E-state index contributed by atoms with van der Waals surface area (Å²) in [6, 6.07) is 58.3. The zero-order chi connectivity index (χ0) is 70.8. The zero-order valence-electron chi connectivity index (χ0n) is 54.6. The number of aromatic hydroxyl groups is 1. The number of fused-ring (bicyclic) bond motifs is 3. The Kier molecular flexibility index (Phi) is 23.6. The molecule has 0 aliphatic rings. The van der Waals surface area contributed by atoms with E-state index in [1.165, 1.54) is 34.0 Å². The van der Waals surface area contributed by atoms with Crippen LogP contribution in [0.2, 0.25) is 0 Å². The number of ether oxygens (including phenoxy) is 4. The van der Waals surface area contributed by atoms with Crippen molar-refractivity contribution >= 4 is 144 Å². The van der Waals surface area contributed by atoms with Crippen molar-refractivity contribution in [3.05, 3.63) is 234 Å². The molecule has 26 heteroatoms. The van der Waals surface area contributed by atoms with Crippen LogP contribution in [0.15, 0.2) is 200 Å². The number of aliphatic hydroxyl groups is 1. The fourth-order valence-electron chi connectivity index (χ4n) is 8.98. The number of aliphatic hydroxyl groups excluding tert-OH is 1. The molecule has 0 saturated carbocycles. The summed E-state index contributed by atoms with van der Waals surface area (Å²) in [6.07, 6.45) is -1.19. The van der Waals surface area contributed by atoms with Crippen LogP contribution in [0, 0.1) is 0 Å². The molecule has 23 nitrogen and oxygen atoms in total. The van der Waals surface area contributed by atoms with E-state index < -0.39 is 23.4 Å². The first-order valence-corrected chi connectivity index (χ1v) is 33.0. The number of nitrogens with one attached hydrogen (secondary N) is 5. The molecule has 3 heterocycles. The van der Waals surface area contributed by atoms with Gasteiger partial charge in [0.2, 0.25) is 0 Å². The van der Waals surface area contributed by atoms with E-state index in [1.54, 1.807) is 169 Å². The Balaban J connectivity index is 0.000000162. The molecule has 0 radical (unpaired) electrons. The molecule has 0 spiro atoms. The number of nitrogens with zero attached hydrogens (tertiary/aromatic N) is 3. The number of anilines is 9. The highest BCUT2D eigenvalue weighted by Gasteiger charge is 2.20. The summed E-state index contributed by atoms with van der Waals surface area (Å²) in [5, 5.41) is 33.4. The molecule has 0 unspecified atom stereocenters. The van der Waals surface area contributed by atoms with Gasteiger partial charge >= 0.3 is 12.2 Å². The third-order valence-electron chi connectivity index (χ3n) is 13.6. The van der Waals surface area contributed by atoms with Gasteiger partial charge in [0.05, 0.1) is 71.4 Å². The number of phenolic OH excluding ortho intramolecular Hbond substituents is 1. The summed E-state index contributed by atoms with van der Waals surface area (Å²) in [7, 11) is 0. The Bertz CT molecular complexity index is 4800. The number of benzene rings is 9. The van der Waals surface area contributed by atoms with E-state index in [9.17, 15) is 24.0 Å². The minimum Gasteiger partial charge on any atom is -0.508 e. The predicted molar refractivity (Wildman–Crippen MR) is 395 cm³/mol. The second kappa shape index (κ2) is 32.7. The van der Waals surface area contributed by atoms with E-state index >= 15 is 0 Å². The van der Waals surface area contributed by atoms with Gasteiger partial charge in [-0.1, -0.05) is 107 Å². The van der Waals surface area contributed by atoms with E-state index in [0.717, 1.165) is 58.8 Å². The van der Waals surface area contributed by atoms with Crippen molar-refractivity contribution in [1.82, 2.24) is 15.0 Å². The van der Waals surface area contributed by atoms with Crippen molar-refractivity contribution < 1.29 is 53.1 Å². The number of aromatic nitrogens is 3.